The van der Waals surface area contributed by atoms with Gasteiger partial charge in [0.1, 0.15) is 5.65 Å². The Balaban J connectivity index is 2.60. The minimum Gasteiger partial charge on any atom is -0.392 e. The van der Waals surface area contributed by atoms with Gasteiger partial charge in [-0.15, -0.1) is 0 Å². The average molecular weight is 262 g/mol. The van der Waals surface area contributed by atoms with Crippen molar-refractivity contribution in [3.63, 3.8) is 0 Å². The lowest BCUT2D eigenvalue weighted by molar-refractivity contribution is 0.281. The molecule has 0 unspecified atom stereocenters. The molecule has 2 rings (SSSR count). The van der Waals surface area contributed by atoms with Crippen molar-refractivity contribution in [3.05, 3.63) is 30.1 Å². The molecule has 3 nitrogen and oxygen atoms in total. The lowest BCUT2D eigenvalue weighted by Gasteiger charge is -2.38. The van der Waals surface area contributed by atoms with E-state index >= 15 is 0 Å². The van der Waals surface area contributed by atoms with Gasteiger partial charge in [-0.1, -0.05) is 33.9 Å². The maximum atomic E-state index is 9.15. The molecule has 0 aliphatic carbocycles. The van der Waals surface area contributed by atoms with E-state index in [1.165, 1.54) is 0 Å². The van der Waals surface area contributed by atoms with Crippen LogP contribution in [0.2, 0.25) is 18.1 Å². The number of aromatic nitrogens is 2. The molecular formula is C14H22N2OSi. The molecule has 0 amide bonds. The van der Waals surface area contributed by atoms with Crippen LogP contribution in [0, 0.1) is 0 Å². The van der Waals surface area contributed by atoms with Gasteiger partial charge in [0.2, 0.25) is 0 Å². The molecule has 0 spiro atoms. The average Bonchev–Trinajstić information content (AvgIpc) is 2.70. The first-order valence-corrected chi connectivity index (χ1v) is 9.29. The smallest absolute Gasteiger partial charge is 0.163 e. The largest absolute Gasteiger partial charge is 0.392 e. The molecule has 0 bridgehead atoms. The zero-order chi connectivity index (χ0) is 13.6. The molecule has 2 aromatic heterocycles. The summed E-state index contributed by atoms with van der Waals surface area (Å²) >= 11 is 0. The summed E-state index contributed by atoms with van der Waals surface area (Å²) in [5.74, 6) is 0. The second-order valence-electron chi connectivity index (χ2n) is 6.41. The van der Waals surface area contributed by atoms with Gasteiger partial charge < -0.3 is 9.34 Å². The monoisotopic (exact) mass is 262 g/mol. The SMILES string of the molecule is CC(C)(C)[Si](C)(C)n1ccc2cc(CO)cnc21. The quantitative estimate of drug-likeness (QED) is 0.843. The van der Waals surface area contributed by atoms with Gasteiger partial charge >= 0.3 is 0 Å². The predicted molar refractivity (Wildman–Crippen MR) is 78.3 cm³/mol. The van der Waals surface area contributed by atoms with Gasteiger partial charge in [-0.25, -0.2) is 4.98 Å². The molecule has 0 saturated carbocycles. The topological polar surface area (TPSA) is 38.0 Å². The van der Waals surface area contributed by atoms with E-state index < -0.39 is 8.24 Å². The van der Waals surface area contributed by atoms with Gasteiger partial charge in [-0.2, -0.15) is 0 Å². The molecule has 0 aromatic carbocycles. The van der Waals surface area contributed by atoms with E-state index in [1.54, 1.807) is 6.20 Å². The molecule has 0 aliphatic heterocycles. The number of nitrogens with zero attached hydrogens (tertiary/aromatic N) is 2. The van der Waals surface area contributed by atoms with Crippen LogP contribution < -0.4 is 0 Å². The second kappa shape index (κ2) is 4.21. The number of aliphatic hydroxyl groups excluding tert-OH is 1. The summed E-state index contributed by atoms with van der Waals surface area (Å²) in [5, 5.41) is 10.5. The standard InChI is InChI=1S/C14H22N2OSi/c1-14(2,3)18(4,5)16-7-6-12-8-11(10-17)9-15-13(12)16/h6-9,17H,10H2,1-5H3. The summed E-state index contributed by atoms with van der Waals surface area (Å²) in [6.45, 7) is 11.7. The molecule has 98 valence electrons. The van der Waals surface area contributed by atoms with E-state index in [1.807, 2.05) is 6.07 Å². The first-order chi connectivity index (χ1) is 8.27. The Morgan fingerprint density at radius 2 is 2.00 bits per heavy atom. The van der Waals surface area contributed by atoms with Gasteiger partial charge in [0.15, 0.2) is 8.24 Å². The van der Waals surface area contributed by atoms with Gasteiger partial charge in [-0.05, 0) is 28.9 Å². The highest BCUT2D eigenvalue weighted by Crippen LogP contribution is 2.38. The van der Waals surface area contributed by atoms with Crippen LogP contribution in [0.5, 0.6) is 0 Å². The van der Waals surface area contributed by atoms with Crippen molar-refractivity contribution in [2.75, 3.05) is 0 Å². The maximum absolute atomic E-state index is 9.15. The van der Waals surface area contributed by atoms with E-state index in [0.29, 0.717) is 0 Å². The van der Waals surface area contributed by atoms with Crippen molar-refractivity contribution < 1.29 is 5.11 Å². The molecule has 4 heteroatoms. The normalized spacial score (nSPS) is 13.2. The molecule has 0 radical (unpaired) electrons. The van der Waals surface area contributed by atoms with Crippen LogP contribution in [0.3, 0.4) is 0 Å². The van der Waals surface area contributed by atoms with Crippen molar-refractivity contribution in [1.82, 2.24) is 9.22 Å². The third-order valence-corrected chi connectivity index (χ3v) is 9.44. The highest BCUT2D eigenvalue weighted by atomic mass is 28.3. The summed E-state index contributed by atoms with van der Waals surface area (Å²) in [6, 6.07) is 4.12. The zero-order valence-electron chi connectivity index (χ0n) is 11.9. The molecule has 0 saturated heterocycles. The van der Waals surface area contributed by atoms with Crippen LogP contribution in [0.25, 0.3) is 11.0 Å². The van der Waals surface area contributed by atoms with Gasteiger partial charge in [0.05, 0.1) is 6.61 Å². The van der Waals surface area contributed by atoms with Crippen molar-refractivity contribution in [1.29, 1.82) is 0 Å². The number of fused-ring (bicyclic) bond motifs is 1. The van der Waals surface area contributed by atoms with Crippen LogP contribution in [0.4, 0.5) is 0 Å². The van der Waals surface area contributed by atoms with Crippen LogP contribution in [-0.4, -0.2) is 22.6 Å². The molecule has 2 heterocycles. The van der Waals surface area contributed by atoms with Crippen molar-refractivity contribution in [3.8, 4) is 0 Å². The summed E-state index contributed by atoms with van der Waals surface area (Å²) in [5.41, 5.74) is 1.91. The first kappa shape index (κ1) is 13.3. The van der Waals surface area contributed by atoms with E-state index in [0.717, 1.165) is 16.6 Å². The fourth-order valence-corrected chi connectivity index (χ4v) is 3.85. The highest BCUT2D eigenvalue weighted by molar-refractivity contribution is 6.79. The maximum Gasteiger partial charge on any atom is 0.163 e. The number of pyridine rings is 1. The fourth-order valence-electron chi connectivity index (χ4n) is 1.97. The summed E-state index contributed by atoms with van der Waals surface area (Å²) in [4.78, 5) is 4.53. The van der Waals surface area contributed by atoms with Crippen LogP contribution >= 0.6 is 0 Å². The molecule has 0 fully saturated rings. The van der Waals surface area contributed by atoms with Crippen molar-refractivity contribution in [2.45, 2.75) is 45.5 Å². The van der Waals surface area contributed by atoms with E-state index in [9.17, 15) is 0 Å². The molecule has 18 heavy (non-hydrogen) atoms. The highest BCUT2D eigenvalue weighted by Gasteiger charge is 2.38. The lowest BCUT2D eigenvalue weighted by Crippen LogP contribution is -2.45. The Labute approximate surface area is 110 Å². The molecule has 2 aromatic rings. The molecule has 0 atom stereocenters. The third kappa shape index (κ3) is 1.99. The van der Waals surface area contributed by atoms with Gasteiger partial charge in [-0.3, -0.25) is 0 Å². The number of hydrogen-bond donors (Lipinski definition) is 1. The van der Waals surface area contributed by atoms with E-state index in [2.05, 4.69) is 55.3 Å². The van der Waals surface area contributed by atoms with Crippen LogP contribution in [-0.2, 0) is 6.61 Å². The van der Waals surface area contributed by atoms with Crippen molar-refractivity contribution >= 4 is 19.3 Å². The Kier molecular flexibility index (Phi) is 3.11. The van der Waals surface area contributed by atoms with Crippen LogP contribution in [0.1, 0.15) is 26.3 Å². The molecule has 1 N–H and O–H groups in total. The Bertz CT molecular complexity index is 567. The summed E-state index contributed by atoms with van der Waals surface area (Å²) < 4.78 is 2.36. The number of rotatable bonds is 2. The molecule has 0 aliphatic rings. The zero-order valence-corrected chi connectivity index (χ0v) is 12.9. The minimum atomic E-state index is -1.63. The fraction of sp³-hybridized carbons (Fsp3) is 0.500. The Morgan fingerprint density at radius 3 is 2.56 bits per heavy atom. The summed E-state index contributed by atoms with van der Waals surface area (Å²) in [6.07, 6.45) is 3.92. The third-order valence-electron chi connectivity index (χ3n) is 4.20. The van der Waals surface area contributed by atoms with Gasteiger partial charge in [0, 0.05) is 11.6 Å². The van der Waals surface area contributed by atoms with Crippen LogP contribution in [0.15, 0.2) is 24.5 Å². The van der Waals surface area contributed by atoms with E-state index in [4.69, 9.17) is 5.11 Å². The Morgan fingerprint density at radius 1 is 1.33 bits per heavy atom. The second-order valence-corrected chi connectivity index (χ2v) is 11.5. The number of hydrogen-bond acceptors (Lipinski definition) is 2. The van der Waals surface area contributed by atoms with Gasteiger partial charge in [0.25, 0.3) is 0 Å². The lowest BCUT2D eigenvalue weighted by atomic mass is 10.2. The molecular weight excluding hydrogens is 240 g/mol. The minimum absolute atomic E-state index is 0.0498. The Hall–Kier alpha value is -1.13. The number of aliphatic hydroxyl groups is 1. The first-order valence-electron chi connectivity index (χ1n) is 6.35. The predicted octanol–water partition coefficient (Wildman–Crippen LogP) is 3.38. The van der Waals surface area contributed by atoms with E-state index in [-0.39, 0.29) is 11.6 Å². The summed E-state index contributed by atoms with van der Waals surface area (Å²) in [7, 11) is -1.63. The van der Waals surface area contributed by atoms with Crippen molar-refractivity contribution in [2.24, 2.45) is 0 Å².